The summed E-state index contributed by atoms with van der Waals surface area (Å²) in [5.41, 5.74) is 3.52. The first kappa shape index (κ1) is 26.0. The molecule has 4 aromatic rings. The van der Waals surface area contributed by atoms with Crippen LogP contribution in [0.5, 0.6) is 11.5 Å². The molecule has 0 aliphatic heterocycles. The number of hydrogen-bond acceptors (Lipinski definition) is 4. The Balaban J connectivity index is 1.69. The van der Waals surface area contributed by atoms with Gasteiger partial charge in [0.25, 0.3) is 0 Å². The third kappa shape index (κ3) is 5.52. The predicted octanol–water partition coefficient (Wildman–Crippen LogP) is 5.98. The minimum absolute atomic E-state index is 0.363. The van der Waals surface area contributed by atoms with E-state index in [9.17, 15) is 22.4 Å². The number of amides is 1. The molecule has 0 saturated carbocycles. The van der Waals surface area contributed by atoms with Crippen LogP contribution >= 0.6 is 0 Å². The molecule has 1 N–H and O–H groups in total. The fourth-order valence-electron chi connectivity index (χ4n) is 4.31. The molecule has 0 bridgehead atoms. The molecular weight excluding hydrogens is 490 g/mol. The normalized spacial score (nSPS) is 13.3. The largest absolute Gasteiger partial charge is 0.496 e. The van der Waals surface area contributed by atoms with E-state index in [1.54, 1.807) is 53.3 Å². The lowest BCUT2D eigenvalue weighted by molar-refractivity contribution is -0.174. The molecule has 0 fully saturated rings. The highest BCUT2D eigenvalue weighted by molar-refractivity contribution is 5.82. The van der Waals surface area contributed by atoms with E-state index in [0.29, 0.717) is 28.1 Å². The van der Waals surface area contributed by atoms with Gasteiger partial charge in [-0.3, -0.25) is 4.79 Å². The average Bonchev–Trinajstić information content (AvgIpc) is 3.25. The Kier molecular flexibility index (Phi) is 7.11. The van der Waals surface area contributed by atoms with Gasteiger partial charge in [0, 0.05) is 5.39 Å². The van der Waals surface area contributed by atoms with Crippen LogP contribution in [-0.2, 0) is 4.79 Å². The summed E-state index contributed by atoms with van der Waals surface area (Å²) in [5.74, 6) is -1.39. The molecule has 1 amide bonds. The van der Waals surface area contributed by atoms with Crippen LogP contribution in [0.2, 0.25) is 0 Å². The highest BCUT2D eigenvalue weighted by atomic mass is 19.4. The van der Waals surface area contributed by atoms with Gasteiger partial charge in [-0.2, -0.15) is 18.3 Å². The number of halogens is 4. The fraction of sp³-hybridized carbons (Fsp3) is 0.259. The van der Waals surface area contributed by atoms with Crippen molar-refractivity contribution in [2.45, 2.75) is 39.1 Å². The minimum Gasteiger partial charge on any atom is -0.496 e. The van der Waals surface area contributed by atoms with Crippen molar-refractivity contribution in [1.82, 2.24) is 15.1 Å². The Labute approximate surface area is 210 Å². The van der Waals surface area contributed by atoms with Gasteiger partial charge in [0.2, 0.25) is 0 Å². The summed E-state index contributed by atoms with van der Waals surface area (Å²) in [6.45, 7) is 5.09. The van der Waals surface area contributed by atoms with Crippen molar-refractivity contribution in [2.24, 2.45) is 0 Å². The van der Waals surface area contributed by atoms with Gasteiger partial charge in [-0.15, -0.1) is 0 Å². The van der Waals surface area contributed by atoms with Crippen LogP contribution in [0.4, 0.5) is 17.6 Å². The second-order valence-corrected chi connectivity index (χ2v) is 8.74. The van der Waals surface area contributed by atoms with E-state index in [0.717, 1.165) is 16.6 Å². The summed E-state index contributed by atoms with van der Waals surface area (Å²) < 4.78 is 65.5. The zero-order valence-corrected chi connectivity index (χ0v) is 20.6. The maximum Gasteiger partial charge on any atom is 0.471 e. The Hall–Kier alpha value is -4.08. The van der Waals surface area contributed by atoms with Gasteiger partial charge in [0.15, 0.2) is 0 Å². The second kappa shape index (κ2) is 10.1. The van der Waals surface area contributed by atoms with Crippen LogP contribution in [0.25, 0.3) is 16.6 Å². The Morgan fingerprint density at radius 1 is 1.03 bits per heavy atom. The number of benzene rings is 3. The van der Waals surface area contributed by atoms with Crippen molar-refractivity contribution >= 4 is 16.8 Å². The zero-order valence-electron chi connectivity index (χ0n) is 20.6. The van der Waals surface area contributed by atoms with Gasteiger partial charge in [-0.1, -0.05) is 0 Å². The van der Waals surface area contributed by atoms with E-state index in [1.807, 2.05) is 19.2 Å². The smallest absolute Gasteiger partial charge is 0.471 e. The predicted molar refractivity (Wildman–Crippen MR) is 131 cm³/mol. The maximum atomic E-state index is 13.3. The molecule has 4 rings (SSSR count). The van der Waals surface area contributed by atoms with Crippen LogP contribution in [0.15, 0.2) is 60.8 Å². The molecule has 0 radical (unpaired) electrons. The number of hydrogen-bond donors (Lipinski definition) is 1. The summed E-state index contributed by atoms with van der Waals surface area (Å²) in [5, 5.41) is 7.07. The molecule has 3 aromatic carbocycles. The topological polar surface area (TPSA) is 65.4 Å². The molecule has 194 valence electrons. The number of rotatable bonds is 7. The molecule has 2 atom stereocenters. The number of fused-ring (bicyclic) bond motifs is 1. The first-order chi connectivity index (χ1) is 17.5. The summed E-state index contributed by atoms with van der Waals surface area (Å²) in [6, 6.07) is 13.5. The van der Waals surface area contributed by atoms with E-state index < -0.39 is 24.2 Å². The standard InChI is InChI=1S/C27H25F4N3O3/c1-15-11-18(12-16(2)24(15)36-4)25(17(3)33-26(35)27(29,30)31)37-22-9-10-23-19(13-22)14-32-34(23)21-7-5-20(28)6-8-21/h5-14,17,25H,1-4H3,(H,33,35)/t17-,25-/m0/s1. The van der Waals surface area contributed by atoms with E-state index in [2.05, 4.69) is 5.10 Å². The summed E-state index contributed by atoms with van der Waals surface area (Å²) >= 11 is 0. The van der Waals surface area contributed by atoms with Crippen LogP contribution in [-0.4, -0.2) is 35.0 Å². The van der Waals surface area contributed by atoms with Crippen LogP contribution in [0.3, 0.4) is 0 Å². The lowest BCUT2D eigenvalue weighted by atomic mass is 9.97. The second-order valence-electron chi connectivity index (χ2n) is 8.74. The van der Waals surface area contributed by atoms with E-state index in [-0.39, 0.29) is 5.82 Å². The van der Waals surface area contributed by atoms with Crippen molar-refractivity contribution in [3.8, 4) is 17.2 Å². The number of carbonyl (C=O) groups excluding carboxylic acids is 1. The molecule has 0 unspecified atom stereocenters. The number of ether oxygens (including phenoxy) is 2. The number of aryl methyl sites for hydroxylation is 2. The Morgan fingerprint density at radius 2 is 1.68 bits per heavy atom. The number of alkyl halides is 3. The Morgan fingerprint density at radius 3 is 2.27 bits per heavy atom. The summed E-state index contributed by atoms with van der Waals surface area (Å²) in [7, 11) is 1.54. The van der Waals surface area contributed by atoms with Gasteiger partial charge in [0.05, 0.1) is 30.6 Å². The first-order valence-corrected chi connectivity index (χ1v) is 11.4. The lowest BCUT2D eigenvalue weighted by Crippen LogP contribution is -2.45. The van der Waals surface area contributed by atoms with Crippen LogP contribution < -0.4 is 14.8 Å². The van der Waals surface area contributed by atoms with Gasteiger partial charge < -0.3 is 14.8 Å². The van der Waals surface area contributed by atoms with Gasteiger partial charge >= 0.3 is 12.1 Å². The Bertz CT molecular complexity index is 1410. The van der Waals surface area contributed by atoms with Crippen molar-refractivity contribution in [1.29, 1.82) is 0 Å². The molecule has 0 spiro atoms. The third-order valence-corrected chi connectivity index (χ3v) is 5.96. The maximum absolute atomic E-state index is 13.3. The van der Waals surface area contributed by atoms with E-state index >= 15 is 0 Å². The highest BCUT2D eigenvalue weighted by Crippen LogP contribution is 2.33. The minimum atomic E-state index is -5.03. The van der Waals surface area contributed by atoms with E-state index in [1.165, 1.54) is 26.2 Å². The highest BCUT2D eigenvalue weighted by Gasteiger charge is 2.40. The monoisotopic (exact) mass is 515 g/mol. The van der Waals surface area contributed by atoms with Crippen molar-refractivity contribution < 1.29 is 31.8 Å². The van der Waals surface area contributed by atoms with Crippen molar-refractivity contribution in [3.63, 3.8) is 0 Å². The number of aromatic nitrogens is 2. The lowest BCUT2D eigenvalue weighted by Gasteiger charge is -2.28. The number of methoxy groups -OCH3 is 1. The van der Waals surface area contributed by atoms with Gasteiger partial charge in [-0.25, -0.2) is 9.07 Å². The van der Waals surface area contributed by atoms with Crippen molar-refractivity contribution in [3.05, 3.63) is 83.3 Å². The van der Waals surface area contributed by atoms with Crippen molar-refractivity contribution in [2.75, 3.05) is 7.11 Å². The SMILES string of the molecule is COc1c(C)cc([C@@H](Oc2ccc3c(cnn3-c3ccc(F)cc3)c2)[C@H](C)NC(=O)C(F)(F)F)cc1C. The molecular formula is C27H25F4N3O3. The van der Waals surface area contributed by atoms with E-state index in [4.69, 9.17) is 9.47 Å². The molecule has 0 aliphatic carbocycles. The molecule has 6 nitrogen and oxygen atoms in total. The number of nitrogens with one attached hydrogen (secondary N) is 1. The molecule has 0 saturated heterocycles. The van der Waals surface area contributed by atoms with Crippen LogP contribution in [0.1, 0.15) is 29.7 Å². The van der Waals surface area contributed by atoms with Gasteiger partial charge in [-0.05, 0) is 92.1 Å². The van der Waals surface area contributed by atoms with Gasteiger partial charge in [0.1, 0.15) is 23.4 Å². The quantitative estimate of drug-likeness (QED) is 0.308. The molecule has 0 aliphatic rings. The van der Waals surface area contributed by atoms with Crippen LogP contribution in [0, 0.1) is 19.7 Å². The number of carbonyl (C=O) groups is 1. The first-order valence-electron chi connectivity index (χ1n) is 11.4. The average molecular weight is 516 g/mol. The fourth-order valence-corrected chi connectivity index (χ4v) is 4.31. The zero-order chi connectivity index (χ0) is 26.9. The molecule has 1 heterocycles. The molecule has 10 heteroatoms. The summed E-state index contributed by atoms with van der Waals surface area (Å²) in [6.07, 6.45) is -4.37. The third-order valence-electron chi connectivity index (χ3n) is 5.96. The molecule has 1 aromatic heterocycles. The summed E-state index contributed by atoms with van der Waals surface area (Å²) in [4.78, 5) is 11.7. The molecule has 37 heavy (non-hydrogen) atoms. The number of nitrogens with zero attached hydrogens (tertiary/aromatic N) is 2.